The predicted molar refractivity (Wildman–Crippen MR) is 68.9 cm³/mol. The second kappa shape index (κ2) is 5.57. The van der Waals surface area contributed by atoms with Gasteiger partial charge in [0.2, 0.25) is 0 Å². The molecule has 1 N–H and O–H groups in total. The van der Waals surface area contributed by atoms with Crippen LogP contribution in [0, 0.1) is 22.4 Å². The van der Waals surface area contributed by atoms with Crippen molar-refractivity contribution in [3.8, 4) is 0 Å². The van der Waals surface area contributed by atoms with Crippen molar-refractivity contribution < 1.29 is 4.92 Å². The molecule has 0 saturated carbocycles. The number of hydrogen-bond donors (Lipinski definition) is 1. The molecule has 4 heteroatoms. The third-order valence-corrected chi connectivity index (χ3v) is 2.90. The molecule has 0 atom stereocenters. The van der Waals surface area contributed by atoms with Crippen molar-refractivity contribution in [2.75, 3.05) is 0 Å². The Hall–Kier alpha value is -1.71. The van der Waals surface area contributed by atoms with Crippen LogP contribution in [0.2, 0.25) is 0 Å². The molecular weight excluding hydrogens is 216 g/mol. The van der Waals surface area contributed by atoms with E-state index in [4.69, 9.17) is 5.41 Å². The van der Waals surface area contributed by atoms with E-state index in [0.29, 0.717) is 17.7 Å². The van der Waals surface area contributed by atoms with E-state index >= 15 is 0 Å². The van der Waals surface area contributed by atoms with Crippen molar-refractivity contribution in [3.63, 3.8) is 0 Å². The van der Waals surface area contributed by atoms with Crippen LogP contribution in [0.1, 0.15) is 43.4 Å². The fraction of sp³-hybridized carbons (Fsp3) is 0.462. The number of aryl methyl sites for hydroxylation is 1. The van der Waals surface area contributed by atoms with Gasteiger partial charge in [-0.25, -0.2) is 0 Å². The van der Waals surface area contributed by atoms with E-state index in [0.717, 1.165) is 24.0 Å². The fourth-order valence-corrected chi connectivity index (χ4v) is 2.04. The summed E-state index contributed by atoms with van der Waals surface area (Å²) in [4.78, 5) is 10.5. The Kier molecular flexibility index (Phi) is 4.37. The Balaban J connectivity index is 3.37. The molecule has 0 bridgehead atoms. The van der Waals surface area contributed by atoms with Crippen LogP contribution in [0.3, 0.4) is 0 Å². The quantitative estimate of drug-likeness (QED) is 0.480. The Morgan fingerprint density at radius 1 is 1.41 bits per heavy atom. The van der Waals surface area contributed by atoms with Crippen molar-refractivity contribution in [3.05, 3.63) is 38.9 Å². The highest BCUT2D eigenvalue weighted by atomic mass is 16.6. The minimum atomic E-state index is -0.377. The third kappa shape index (κ3) is 2.70. The van der Waals surface area contributed by atoms with Crippen LogP contribution in [-0.4, -0.2) is 10.6 Å². The maximum absolute atomic E-state index is 10.9. The van der Waals surface area contributed by atoms with Crippen molar-refractivity contribution >= 4 is 11.4 Å². The lowest BCUT2D eigenvalue weighted by Gasteiger charge is -2.12. The molecule has 0 fully saturated rings. The average molecular weight is 234 g/mol. The Morgan fingerprint density at radius 3 is 2.53 bits per heavy atom. The van der Waals surface area contributed by atoms with Gasteiger partial charge in [-0.05, 0) is 25.3 Å². The summed E-state index contributed by atoms with van der Waals surface area (Å²) in [6.07, 6.45) is 2.33. The normalized spacial score (nSPS) is 10.3. The molecule has 92 valence electrons. The zero-order valence-corrected chi connectivity index (χ0v) is 10.5. The topological polar surface area (TPSA) is 67.0 Å². The van der Waals surface area contributed by atoms with Crippen LogP contribution in [0.25, 0.3) is 0 Å². The smallest absolute Gasteiger partial charge is 0.272 e. The lowest BCUT2D eigenvalue weighted by atomic mass is 9.93. The molecule has 0 aliphatic rings. The molecule has 1 aromatic carbocycles. The summed E-state index contributed by atoms with van der Waals surface area (Å²) < 4.78 is 0. The zero-order valence-electron chi connectivity index (χ0n) is 10.5. The van der Waals surface area contributed by atoms with Gasteiger partial charge in [0.25, 0.3) is 5.69 Å². The van der Waals surface area contributed by atoms with Gasteiger partial charge in [-0.3, -0.25) is 10.1 Å². The first-order chi connectivity index (χ1) is 8.02. The van der Waals surface area contributed by atoms with Gasteiger partial charge in [-0.15, -0.1) is 0 Å². The summed E-state index contributed by atoms with van der Waals surface area (Å²) in [7, 11) is 0. The van der Waals surface area contributed by atoms with Gasteiger partial charge in [0.05, 0.1) is 4.92 Å². The molecule has 1 rings (SSSR count). The second-order valence-corrected chi connectivity index (χ2v) is 4.08. The lowest BCUT2D eigenvalue weighted by Crippen LogP contribution is -2.08. The summed E-state index contributed by atoms with van der Waals surface area (Å²) >= 11 is 0. The SMILES string of the molecule is CCCC(=N)c1c(CC)ccc([N+](=O)[O-])c1C. The molecule has 0 heterocycles. The zero-order chi connectivity index (χ0) is 13.0. The van der Waals surface area contributed by atoms with E-state index in [1.807, 2.05) is 13.8 Å². The molecule has 0 aromatic heterocycles. The van der Waals surface area contributed by atoms with Crippen LogP contribution in [0.15, 0.2) is 12.1 Å². The molecule has 0 spiro atoms. The van der Waals surface area contributed by atoms with Gasteiger partial charge in [0.1, 0.15) is 0 Å². The highest BCUT2D eigenvalue weighted by Crippen LogP contribution is 2.26. The average Bonchev–Trinajstić information content (AvgIpc) is 2.27. The van der Waals surface area contributed by atoms with Crippen LogP contribution in [-0.2, 0) is 6.42 Å². The van der Waals surface area contributed by atoms with E-state index < -0.39 is 0 Å². The number of nitrogens with one attached hydrogen (secondary N) is 1. The molecule has 17 heavy (non-hydrogen) atoms. The maximum Gasteiger partial charge on any atom is 0.272 e. The van der Waals surface area contributed by atoms with Gasteiger partial charge in [0.15, 0.2) is 0 Å². The van der Waals surface area contributed by atoms with Crippen LogP contribution in [0.4, 0.5) is 5.69 Å². The van der Waals surface area contributed by atoms with E-state index in [1.54, 1.807) is 13.0 Å². The molecule has 0 radical (unpaired) electrons. The summed E-state index contributed by atoms with van der Waals surface area (Å²) in [5.74, 6) is 0. The largest absolute Gasteiger partial charge is 0.305 e. The summed E-state index contributed by atoms with van der Waals surface area (Å²) in [5, 5.41) is 18.9. The highest BCUT2D eigenvalue weighted by Gasteiger charge is 2.18. The Labute approximate surface area is 101 Å². The molecule has 0 saturated heterocycles. The van der Waals surface area contributed by atoms with Crippen LogP contribution >= 0.6 is 0 Å². The Morgan fingerprint density at radius 2 is 2.06 bits per heavy atom. The van der Waals surface area contributed by atoms with Crippen LogP contribution in [0.5, 0.6) is 0 Å². The summed E-state index contributed by atoms with van der Waals surface area (Å²) in [6, 6.07) is 3.31. The van der Waals surface area contributed by atoms with Gasteiger partial charge in [-0.2, -0.15) is 0 Å². The molecule has 4 nitrogen and oxygen atoms in total. The Bertz CT molecular complexity index is 453. The molecule has 0 amide bonds. The number of nitro benzene ring substituents is 1. The number of benzene rings is 1. The van der Waals surface area contributed by atoms with Crippen molar-refractivity contribution in [2.45, 2.75) is 40.0 Å². The first-order valence-corrected chi connectivity index (χ1v) is 5.87. The van der Waals surface area contributed by atoms with Crippen molar-refractivity contribution in [2.24, 2.45) is 0 Å². The van der Waals surface area contributed by atoms with Crippen molar-refractivity contribution in [1.29, 1.82) is 5.41 Å². The van der Waals surface area contributed by atoms with E-state index in [1.165, 1.54) is 6.07 Å². The minimum absolute atomic E-state index is 0.109. The van der Waals surface area contributed by atoms with Gasteiger partial charge < -0.3 is 5.41 Å². The van der Waals surface area contributed by atoms with Gasteiger partial charge in [-0.1, -0.05) is 26.3 Å². The molecule has 1 aromatic rings. The van der Waals surface area contributed by atoms with E-state index in [9.17, 15) is 10.1 Å². The van der Waals surface area contributed by atoms with E-state index in [-0.39, 0.29) is 10.6 Å². The standard InChI is InChI=1S/C13H18N2O2/c1-4-6-11(14)13-9(3)12(15(16)17)8-7-10(13)5-2/h7-8,14H,4-6H2,1-3H3. The first kappa shape index (κ1) is 13.4. The van der Waals surface area contributed by atoms with E-state index in [2.05, 4.69) is 0 Å². The van der Waals surface area contributed by atoms with Crippen molar-refractivity contribution in [1.82, 2.24) is 0 Å². The van der Waals surface area contributed by atoms with Gasteiger partial charge in [0, 0.05) is 22.9 Å². The number of nitrogens with zero attached hydrogens (tertiary/aromatic N) is 1. The first-order valence-electron chi connectivity index (χ1n) is 5.87. The number of rotatable bonds is 5. The fourth-order valence-electron chi connectivity index (χ4n) is 2.04. The molecule has 0 unspecified atom stereocenters. The maximum atomic E-state index is 10.9. The summed E-state index contributed by atoms with van der Waals surface area (Å²) in [5.41, 5.74) is 3.02. The lowest BCUT2D eigenvalue weighted by molar-refractivity contribution is -0.385. The molecule has 0 aliphatic heterocycles. The number of nitro groups is 1. The monoisotopic (exact) mass is 234 g/mol. The second-order valence-electron chi connectivity index (χ2n) is 4.08. The number of hydrogen-bond acceptors (Lipinski definition) is 3. The van der Waals surface area contributed by atoms with Crippen LogP contribution < -0.4 is 0 Å². The molecular formula is C13H18N2O2. The highest BCUT2D eigenvalue weighted by molar-refractivity contribution is 6.01. The predicted octanol–water partition coefficient (Wildman–Crippen LogP) is 3.63. The molecule has 0 aliphatic carbocycles. The van der Waals surface area contributed by atoms with Gasteiger partial charge >= 0.3 is 0 Å². The minimum Gasteiger partial charge on any atom is -0.305 e. The third-order valence-electron chi connectivity index (χ3n) is 2.90. The summed E-state index contributed by atoms with van der Waals surface area (Å²) in [6.45, 7) is 5.74.